The van der Waals surface area contributed by atoms with Gasteiger partial charge in [-0.3, -0.25) is 0 Å². The summed E-state index contributed by atoms with van der Waals surface area (Å²) in [7, 11) is 0. The van der Waals surface area contributed by atoms with E-state index in [9.17, 15) is 0 Å². The molecular weight excluding hydrogens is 184 g/mol. The van der Waals surface area contributed by atoms with E-state index in [1.165, 1.54) is 24.8 Å². The van der Waals surface area contributed by atoms with Gasteiger partial charge in [0.25, 0.3) is 0 Å². The molecule has 0 radical (unpaired) electrons. The zero-order valence-electron chi connectivity index (χ0n) is 8.69. The summed E-state index contributed by atoms with van der Waals surface area (Å²) in [6.45, 7) is 8.33. The minimum absolute atomic E-state index is 0.767. The van der Waals surface area contributed by atoms with Gasteiger partial charge in [-0.1, -0.05) is 23.8 Å². The third-order valence-corrected chi connectivity index (χ3v) is 2.37. The van der Waals surface area contributed by atoms with Crippen LogP contribution in [0.4, 0.5) is 0 Å². The normalized spacial score (nSPS) is 20.6. The quantitative estimate of drug-likeness (QED) is 0.410. The predicted molar refractivity (Wildman–Crippen MR) is 53.3 cm³/mol. The zero-order chi connectivity index (χ0) is 11.0. The van der Waals surface area contributed by atoms with Gasteiger partial charge in [0.2, 0.25) is 0 Å². The van der Waals surface area contributed by atoms with E-state index >= 15 is 0 Å². The predicted octanol–water partition coefficient (Wildman–Crippen LogP) is 3.19. The van der Waals surface area contributed by atoms with Crippen LogP contribution in [0.1, 0.15) is 33.1 Å². The lowest BCUT2D eigenvalue weighted by Gasteiger charge is -2.19. The van der Waals surface area contributed by atoms with E-state index < -0.39 is 0 Å². The average Bonchev–Trinajstić information content (AvgIpc) is 2.19. The molecule has 1 aliphatic rings. The molecule has 0 spiro atoms. The van der Waals surface area contributed by atoms with Gasteiger partial charge in [0.1, 0.15) is 0 Å². The minimum Gasteiger partial charge on any atom is -0.219 e. The lowest BCUT2D eigenvalue weighted by Crippen LogP contribution is -2.04. The highest BCUT2D eigenvalue weighted by molar-refractivity contribution is 5.09. The molecule has 1 rings (SSSR count). The van der Waals surface area contributed by atoms with Gasteiger partial charge in [0, 0.05) is 0 Å². The van der Waals surface area contributed by atoms with Gasteiger partial charge >= 0.3 is 0 Å². The van der Waals surface area contributed by atoms with E-state index in [1.807, 2.05) is 0 Å². The fourth-order valence-corrected chi connectivity index (χ4v) is 1.41. The van der Waals surface area contributed by atoms with Gasteiger partial charge in [-0.2, -0.15) is 0 Å². The summed E-state index contributed by atoms with van der Waals surface area (Å²) in [5.74, 6) is 0.767. The van der Waals surface area contributed by atoms with Crippen molar-refractivity contribution in [3.8, 4) is 0 Å². The highest BCUT2D eigenvalue weighted by atomic mass is 17.6. The largest absolute Gasteiger partial charge is 0.219 e. The van der Waals surface area contributed by atoms with Gasteiger partial charge in [-0.05, 0) is 49.1 Å². The lowest BCUT2D eigenvalue weighted by atomic mass is 9.86. The van der Waals surface area contributed by atoms with Crippen molar-refractivity contribution in [3.63, 3.8) is 0 Å². The van der Waals surface area contributed by atoms with E-state index in [2.05, 4.69) is 36.6 Å². The fourth-order valence-electron chi connectivity index (χ4n) is 1.41. The second-order valence-electron chi connectivity index (χ2n) is 3.52. The number of hydrogen-bond donors (Lipinski definition) is 2. The third-order valence-electron chi connectivity index (χ3n) is 2.37. The first-order chi connectivity index (χ1) is 6.61. The van der Waals surface area contributed by atoms with Crippen LogP contribution in [-0.4, -0.2) is 10.5 Å². The molecule has 1 aliphatic carbocycles. The van der Waals surface area contributed by atoms with Crippen LogP contribution in [0.5, 0.6) is 0 Å². The Morgan fingerprint density at radius 1 is 1.50 bits per heavy atom. The Morgan fingerprint density at radius 3 is 2.36 bits per heavy atom. The van der Waals surface area contributed by atoms with Gasteiger partial charge in [-0.25, -0.2) is 10.5 Å². The highest BCUT2D eigenvalue weighted by Crippen LogP contribution is 2.27. The summed E-state index contributed by atoms with van der Waals surface area (Å²) >= 11 is 0. The maximum Gasteiger partial charge on any atom is -0.0171 e. The Morgan fingerprint density at radius 2 is 2.07 bits per heavy atom. The van der Waals surface area contributed by atoms with Crippen LogP contribution in [0.25, 0.3) is 0 Å². The molecule has 2 N–H and O–H groups in total. The molecule has 4 nitrogen and oxygen atoms in total. The Bertz CT molecular complexity index is 196. The summed E-state index contributed by atoms with van der Waals surface area (Å²) in [6, 6.07) is 0. The van der Waals surface area contributed by atoms with Crippen LogP contribution in [0.15, 0.2) is 23.8 Å². The van der Waals surface area contributed by atoms with Crippen LogP contribution in [-0.2, 0) is 10.1 Å². The first kappa shape index (κ1) is 13.3. The molecule has 4 heteroatoms. The van der Waals surface area contributed by atoms with Crippen molar-refractivity contribution in [2.45, 2.75) is 33.1 Å². The molecule has 0 saturated heterocycles. The van der Waals surface area contributed by atoms with Crippen molar-refractivity contribution >= 4 is 0 Å². The Labute approximate surface area is 84.2 Å². The summed E-state index contributed by atoms with van der Waals surface area (Å²) < 4.78 is 0. The molecule has 0 aromatic rings. The average molecular weight is 202 g/mol. The third kappa shape index (κ3) is 5.88. The molecule has 0 aromatic carbocycles. The molecule has 82 valence electrons. The summed E-state index contributed by atoms with van der Waals surface area (Å²) in [5, 5.41) is 19.0. The van der Waals surface area contributed by atoms with E-state index in [0.717, 1.165) is 5.92 Å². The number of allylic oxidation sites excluding steroid dienone is 3. The molecule has 0 aromatic heterocycles. The van der Waals surface area contributed by atoms with Gasteiger partial charge in [-0.15, -0.1) is 0 Å². The number of rotatable bonds is 2. The summed E-state index contributed by atoms with van der Waals surface area (Å²) in [5.41, 5.74) is 2.90. The highest BCUT2D eigenvalue weighted by Gasteiger charge is 2.11. The van der Waals surface area contributed by atoms with Crippen LogP contribution >= 0.6 is 0 Å². The first-order valence-corrected chi connectivity index (χ1v) is 4.54. The maximum atomic E-state index is 6.90. The van der Waals surface area contributed by atoms with Crippen LogP contribution in [0.3, 0.4) is 0 Å². The van der Waals surface area contributed by atoms with E-state index in [4.69, 9.17) is 10.5 Å². The van der Waals surface area contributed by atoms with Crippen LogP contribution < -0.4 is 0 Å². The van der Waals surface area contributed by atoms with E-state index in [1.54, 1.807) is 5.57 Å². The maximum absolute atomic E-state index is 6.90. The smallest absolute Gasteiger partial charge is 0.0171 e. The fraction of sp³-hybridized carbons (Fsp3) is 0.600. The molecule has 0 fully saturated rings. The Kier molecular flexibility index (Phi) is 7.32. The van der Waals surface area contributed by atoms with Gasteiger partial charge in [0.15, 0.2) is 0 Å². The van der Waals surface area contributed by atoms with Gasteiger partial charge < -0.3 is 0 Å². The molecule has 1 atom stereocenters. The molecule has 14 heavy (non-hydrogen) atoms. The monoisotopic (exact) mass is 202 g/mol. The second-order valence-corrected chi connectivity index (χ2v) is 3.52. The van der Waals surface area contributed by atoms with Crippen LogP contribution in [0, 0.1) is 5.92 Å². The first-order valence-electron chi connectivity index (χ1n) is 4.54. The van der Waals surface area contributed by atoms with Crippen molar-refractivity contribution < 1.29 is 20.6 Å². The van der Waals surface area contributed by atoms with Crippen molar-refractivity contribution in [1.82, 2.24) is 0 Å². The molecular formula is C10H18O4. The zero-order valence-corrected chi connectivity index (χ0v) is 8.69. The molecule has 0 aliphatic heterocycles. The van der Waals surface area contributed by atoms with Crippen molar-refractivity contribution in [2.24, 2.45) is 5.92 Å². The Balaban J connectivity index is 0.000000364. The van der Waals surface area contributed by atoms with Gasteiger partial charge in [0.05, 0.1) is 0 Å². The minimum atomic E-state index is 0.767. The molecule has 0 bridgehead atoms. The molecule has 0 saturated carbocycles. The lowest BCUT2D eigenvalue weighted by molar-refractivity contribution is -0.611. The molecule has 0 amide bonds. The number of hydrogen-bond acceptors (Lipinski definition) is 4. The standard InChI is InChI=1S/C10H16.H2O4/c1-8(2)10-6-4-9(3)5-7-10;1-3-4-2/h4,10H,1,5-7H2,2-3H3;1-2H. The van der Waals surface area contributed by atoms with E-state index in [-0.39, 0.29) is 0 Å². The van der Waals surface area contributed by atoms with E-state index in [0.29, 0.717) is 0 Å². The summed E-state index contributed by atoms with van der Waals surface area (Å²) in [4.78, 5) is 0. The molecule has 0 heterocycles. The Hall–Kier alpha value is -0.680. The van der Waals surface area contributed by atoms with Crippen molar-refractivity contribution in [3.05, 3.63) is 23.8 Å². The molecule has 1 unspecified atom stereocenters. The second kappa shape index (κ2) is 7.70. The summed E-state index contributed by atoms with van der Waals surface area (Å²) in [6.07, 6.45) is 6.17. The van der Waals surface area contributed by atoms with Crippen molar-refractivity contribution in [1.29, 1.82) is 0 Å². The topological polar surface area (TPSA) is 58.9 Å². The van der Waals surface area contributed by atoms with Crippen molar-refractivity contribution in [2.75, 3.05) is 0 Å². The SMILES string of the molecule is C=C(C)C1CC=C(C)CC1.OOOO. The van der Waals surface area contributed by atoms with Crippen LogP contribution in [0.2, 0.25) is 0 Å².